The molecule has 1 aromatic carbocycles. The van der Waals surface area contributed by atoms with Crippen molar-refractivity contribution in [3.05, 3.63) is 66.0 Å². The summed E-state index contributed by atoms with van der Waals surface area (Å²) in [5.74, 6) is -0.398. The van der Waals surface area contributed by atoms with Crippen molar-refractivity contribution in [2.24, 2.45) is 0 Å². The lowest BCUT2D eigenvalue weighted by atomic mass is 10.1. The number of ether oxygens (including phenoxy) is 1. The van der Waals surface area contributed by atoms with Crippen LogP contribution in [0.15, 0.2) is 54.9 Å². The summed E-state index contributed by atoms with van der Waals surface area (Å²) in [5, 5.41) is 14.9. The molecule has 2 heterocycles. The lowest BCUT2D eigenvalue weighted by Gasteiger charge is -2.19. The van der Waals surface area contributed by atoms with Crippen molar-refractivity contribution in [1.29, 1.82) is 0 Å². The summed E-state index contributed by atoms with van der Waals surface area (Å²) in [6.07, 6.45) is -2.22. The Balaban J connectivity index is 1.73. The summed E-state index contributed by atoms with van der Waals surface area (Å²) in [5.41, 5.74) is 1.67. The molecule has 3 N–H and O–H groups in total. The van der Waals surface area contributed by atoms with Crippen molar-refractivity contribution in [2.75, 3.05) is 31.0 Å². The van der Waals surface area contributed by atoms with Crippen molar-refractivity contribution < 1.29 is 23.0 Å². The van der Waals surface area contributed by atoms with E-state index in [4.69, 9.17) is 4.74 Å². The van der Waals surface area contributed by atoms with Gasteiger partial charge in [-0.15, -0.1) is 0 Å². The summed E-state index contributed by atoms with van der Waals surface area (Å²) >= 11 is 0. The van der Waals surface area contributed by atoms with Crippen molar-refractivity contribution in [1.82, 2.24) is 15.0 Å². The largest absolute Gasteiger partial charge is 0.421 e. The highest BCUT2D eigenvalue weighted by Crippen LogP contribution is 2.34. The molecular formula is C21H22F3N5O2. The van der Waals surface area contributed by atoms with Crippen molar-refractivity contribution in [2.45, 2.75) is 18.8 Å². The fraction of sp³-hybridized carbons (Fsp3) is 0.286. The number of rotatable bonds is 9. The van der Waals surface area contributed by atoms with E-state index in [-0.39, 0.29) is 12.6 Å². The summed E-state index contributed by atoms with van der Waals surface area (Å²) in [7, 11) is 1.39. The number of nitrogens with one attached hydrogen (secondary N) is 2. The molecule has 0 aliphatic heterocycles. The minimum Gasteiger partial charge on any atom is -0.394 e. The van der Waals surface area contributed by atoms with Gasteiger partial charge >= 0.3 is 6.18 Å². The zero-order valence-corrected chi connectivity index (χ0v) is 16.7. The maximum absolute atomic E-state index is 13.3. The van der Waals surface area contributed by atoms with Gasteiger partial charge in [-0.2, -0.15) is 18.2 Å². The highest BCUT2D eigenvalue weighted by Gasteiger charge is 2.35. The van der Waals surface area contributed by atoms with Crippen LogP contribution < -0.4 is 10.6 Å². The van der Waals surface area contributed by atoms with Gasteiger partial charge in [-0.3, -0.25) is 4.98 Å². The molecule has 0 radical (unpaired) electrons. The SMILES string of the molecule is COC[C@H](CO)Nc1nc(NCc2ccc(-c3ccccn3)cc2)ncc1C(F)(F)F. The van der Waals surface area contributed by atoms with E-state index in [9.17, 15) is 18.3 Å². The molecule has 2 aromatic heterocycles. The molecule has 164 valence electrons. The van der Waals surface area contributed by atoms with E-state index in [0.29, 0.717) is 12.7 Å². The van der Waals surface area contributed by atoms with E-state index >= 15 is 0 Å². The first-order valence-electron chi connectivity index (χ1n) is 9.45. The molecule has 0 fully saturated rings. The number of aromatic nitrogens is 3. The summed E-state index contributed by atoms with van der Waals surface area (Å²) in [6.45, 7) is -0.0848. The molecule has 0 unspecified atom stereocenters. The van der Waals surface area contributed by atoms with Crippen LogP contribution in [-0.2, 0) is 17.5 Å². The minimum absolute atomic E-state index is 0.0170. The molecule has 3 aromatic rings. The zero-order valence-electron chi connectivity index (χ0n) is 16.7. The molecule has 0 saturated heterocycles. The first-order chi connectivity index (χ1) is 14.9. The summed E-state index contributed by atoms with van der Waals surface area (Å²) in [4.78, 5) is 12.0. The van der Waals surface area contributed by atoms with Gasteiger partial charge in [-0.25, -0.2) is 4.98 Å². The van der Waals surface area contributed by atoms with E-state index < -0.39 is 30.2 Å². The van der Waals surface area contributed by atoms with Gasteiger partial charge in [0.05, 0.1) is 24.9 Å². The molecular weight excluding hydrogens is 411 g/mol. The quantitative estimate of drug-likeness (QED) is 0.475. The van der Waals surface area contributed by atoms with Crippen LogP contribution in [0, 0.1) is 0 Å². The van der Waals surface area contributed by atoms with Crippen LogP contribution in [0.4, 0.5) is 24.9 Å². The number of aliphatic hydroxyl groups is 1. The summed E-state index contributed by atoms with van der Waals surface area (Å²) < 4.78 is 44.8. The number of nitrogens with zero attached hydrogens (tertiary/aromatic N) is 3. The number of hydrogen-bond donors (Lipinski definition) is 3. The van der Waals surface area contributed by atoms with Crippen molar-refractivity contribution in [3.63, 3.8) is 0 Å². The van der Waals surface area contributed by atoms with Gasteiger partial charge in [0, 0.05) is 31.6 Å². The van der Waals surface area contributed by atoms with Crippen LogP contribution >= 0.6 is 0 Å². The fourth-order valence-corrected chi connectivity index (χ4v) is 2.83. The number of anilines is 2. The van der Waals surface area contributed by atoms with Crippen LogP contribution in [0.25, 0.3) is 11.3 Å². The van der Waals surface area contributed by atoms with E-state index in [1.54, 1.807) is 6.20 Å². The van der Waals surface area contributed by atoms with Gasteiger partial charge in [0.2, 0.25) is 5.95 Å². The Hall–Kier alpha value is -3.24. The molecule has 7 nitrogen and oxygen atoms in total. The molecule has 3 rings (SSSR count). The Labute approximate surface area is 177 Å². The van der Waals surface area contributed by atoms with Crippen LogP contribution in [0.1, 0.15) is 11.1 Å². The van der Waals surface area contributed by atoms with Gasteiger partial charge in [0.15, 0.2) is 0 Å². The molecule has 10 heteroatoms. The van der Waals surface area contributed by atoms with E-state index in [1.165, 1.54) is 7.11 Å². The molecule has 0 spiro atoms. The second kappa shape index (κ2) is 10.2. The normalized spacial score (nSPS) is 12.4. The number of hydrogen-bond acceptors (Lipinski definition) is 7. The average molecular weight is 433 g/mol. The Morgan fingerprint density at radius 3 is 2.48 bits per heavy atom. The van der Waals surface area contributed by atoms with Crippen molar-refractivity contribution >= 4 is 11.8 Å². The predicted molar refractivity (Wildman–Crippen MR) is 110 cm³/mol. The zero-order chi connectivity index (χ0) is 22.3. The maximum Gasteiger partial charge on any atom is 0.421 e. The molecule has 0 aliphatic carbocycles. The molecule has 31 heavy (non-hydrogen) atoms. The standard InChI is InChI=1S/C21H22F3N5O2/c1-31-13-16(12-30)28-19-17(21(22,23)24)11-27-20(29-19)26-10-14-5-7-15(8-6-14)18-4-2-3-9-25-18/h2-9,11,16,30H,10,12-13H2,1H3,(H2,26,27,28,29)/t16-/m0/s1. The first-order valence-corrected chi connectivity index (χ1v) is 9.45. The number of methoxy groups -OCH3 is 1. The minimum atomic E-state index is -4.64. The van der Waals surface area contributed by atoms with Crippen LogP contribution in [0.5, 0.6) is 0 Å². The Bertz CT molecular complexity index is 969. The third-order valence-corrected chi connectivity index (χ3v) is 4.39. The van der Waals surface area contributed by atoms with E-state index in [0.717, 1.165) is 16.8 Å². The second-order valence-corrected chi connectivity index (χ2v) is 6.70. The molecule has 0 saturated carbocycles. The third kappa shape index (κ3) is 6.12. The third-order valence-electron chi connectivity index (χ3n) is 4.39. The molecule has 0 bridgehead atoms. The van der Waals surface area contributed by atoms with Gasteiger partial charge in [0.1, 0.15) is 11.4 Å². The lowest BCUT2D eigenvalue weighted by Crippen LogP contribution is -2.30. The van der Waals surface area contributed by atoms with Crippen molar-refractivity contribution in [3.8, 4) is 11.3 Å². The molecule has 0 aliphatic rings. The van der Waals surface area contributed by atoms with Crippen LogP contribution in [0.3, 0.4) is 0 Å². The van der Waals surface area contributed by atoms with Gasteiger partial charge in [-0.1, -0.05) is 30.3 Å². The highest BCUT2D eigenvalue weighted by molar-refractivity contribution is 5.59. The molecule has 1 atom stereocenters. The number of pyridine rings is 1. The van der Waals surface area contributed by atoms with Gasteiger partial charge in [-0.05, 0) is 17.7 Å². The number of alkyl halides is 3. The first kappa shape index (κ1) is 22.4. The van der Waals surface area contributed by atoms with E-state index in [2.05, 4.69) is 25.6 Å². The smallest absolute Gasteiger partial charge is 0.394 e. The Morgan fingerprint density at radius 2 is 1.87 bits per heavy atom. The number of halogens is 3. The molecule has 0 amide bonds. The van der Waals surface area contributed by atoms with E-state index in [1.807, 2.05) is 42.5 Å². The van der Waals surface area contributed by atoms with Crippen LogP contribution in [0.2, 0.25) is 0 Å². The lowest BCUT2D eigenvalue weighted by molar-refractivity contribution is -0.137. The topological polar surface area (TPSA) is 92.2 Å². The highest BCUT2D eigenvalue weighted by atomic mass is 19.4. The fourth-order valence-electron chi connectivity index (χ4n) is 2.83. The monoisotopic (exact) mass is 433 g/mol. The van der Waals surface area contributed by atoms with Gasteiger partial charge < -0.3 is 20.5 Å². The maximum atomic E-state index is 13.3. The van der Waals surface area contributed by atoms with Crippen LogP contribution in [-0.4, -0.2) is 46.4 Å². The van der Waals surface area contributed by atoms with Gasteiger partial charge in [0.25, 0.3) is 0 Å². The number of aliphatic hydroxyl groups excluding tert-OH is 1. The summed E-state index contributed by atoms with van der Waals surface area (Å²) in [6, 6.07) is 12.5. The second-order valence-electron chi connectivity index (χ2n) is 6.70. The predicted octanol–water partition coefficient (Wildman–Crippen LogP) is 3.59. The average Bonchev–Trinajstić information content (AvgIpc) is 2.77. The Kier molecular flexibility index (Phi) is 7.37. The Morgan fingerprint density at radius 1 is 1.10 bits per heavy atom. The number of benzene rings is 1.